The number of hydrogen-bond acceptors (Lipinski definition) is 2. The molecule has 4 aliphatic rings. The minimum atomic E-state index is -1.15. The molecule has 0 spiro atoms. The van der Waals surface area contributed by atoms with Crippen LogP contribution in [0.1, 0.15) is 39.5 Å². The molecule has 0 aliphatic heterocycles. The van der Waals surface area contributed by atoms with Crippen LogP contribution in [0.2, 0.25) is 0 Å². The molecule has 4 heteroatoms. The van der Waals surface area contributed by atoms with Crippen LogP contribution < -0.4 is 0 Å². The van der Waals surface area contributed by atoms with Gasteiger partial charge in [-0.3, -0.25) is 0 Å². The Balaban J connectivity index is 1.78. The normalized spacial score (nSPS) is 61.0. The topological polar surface area (TPSA) is 40.5 Å². The average Bonchev–Trinajstić information content (AvgIpc) is 2.73. The molecule has 0 radical (unpaired) electrons. The van der Waals surface area contributed by atoms with Crippen LogP contribution in [0.15, 0.2) is 24.3 Å². The molecule has 0 heterocycles. The first kappa shape index (κ1) is 16.1. The van der Waals surface area contributed by atoms with Crippen molar-refractivity contribution in [1.82, 2.24) is 0 Å². The molecule has 2 nitrogen and oxygen atoms in total. The van der Waals surface area contributed by atoms with Gasteiger partial charge in [-0.15, -0.1) is 11.6 Å². The van der Waals surface area contributed by atoms with E-state index in [0.29, 0.717) is 12.8 Å². The van der Waals surface area contributed by atoms with Gasteiger partial charge in [-0.05, 0) is 42.9 Å². The minimum Gasteiger partial charge on any atom is -0.390 e. The third kappa shape index (κ3) is 1.88. The number of fused-ring (bicyclic) bond motifs is 5. The summed E-state index contributed by atoms with van der Waals surface area (Å²) in [5.41, 5.74) is -0.609. The van der Waals surface area contributed by atoms with Gasteiger partial charge in [-0.1, -0.05) is 38.2 Å². The maximum Gasteiger partial charge on any atom is 0.127 e. The van der Waals surface area contributed by atoms with E-state index in [0.717, 1.165) is 12.8 Å². The van der Waals surface area contributed by atoms with Crippen LogP contribution in [0.3, 0.4) is 0 Å². The molecule has 0 saturated heterocycles. The molecular weight excluding hydrogens is 315 g/mol. The van der Waals surface area contributed by atoms with Crippen molar-refractivity contribution >= 4 is 11.6 Å². The van der Waals surface area contributed by atoms with Gasteiger partial charge < -0.3 is 10.2 Å². The molecule has 4 aliphatic carbocycles. The van der Waals surface area contributed by atoms with Crippen molar-refractivity contribution in [2.24, 2.45) is 28.6 Å². The van der Waals surface area contributed by atoms with Crippen molar-refractivity contribution in [3.8, 4) is 0 Å². The highest BCUT2D eigenvalue weighted by Crippen LogP contribution is 2.67. The number of aliphatic hydroxyl groups is 2. The SMILES string of the molecule is C[C@]12CC[C@@]3(Cl)[C@@H](C=CC4C[C@H](O)C=C[C@@]43C)[C@@H]1C[C@@H](F)[C@@H]2O. The molecular formula is C19H26ClFO2. The Labute approximate surface area is 142 Å². The maximum absolute atomic E-state index is 14.3. The number of aliphatic hydroxyl groups excluding tert-OH is 2. The first-order chi connectivity index (χ1) is 10.7. The molecule has 2 saturated carbocycles. The van der Waals surface area contributed by atoms with Crippen LogP contribution in [0, 0.1) is 28.6 Å². The van der Waals surface area contributed by atoms with E-state index in [1.54, 1.807) is 0 Å². The first-order valence-electron chi connectivity index (χ1n) is 8.79. The van der Waals surface area contributed by atoms with E-state index in [4.69, 9.17) is 11.6 Å². The van der Waals surface area contributed by atoms with E-state index in [2.05, 4.69) is 25.2 Å². The largest absolute Gasteiger partial charge is 0.390 e. The molecule has 23 heavy (non-hydrogen) atoms. The van der Waals surface area contributed by atoms with E-state index in [-0.39, 0.29) is 28.6 Å². The Bertz CT molecular complexity index is 578. The lowest BCUT2D eigenvalue weighted by molar-refractivity contribution is -0.0547. The second-order valence-corrected chi connectivity index (χ2v) is 9.31. The number of halogens is 2. The van der Waals surface area contributed by atoms with E-state index in [1.165, 1.54) is 0 Å². The van der Waals surface area contributed by atoms with E-state index < -0.39 is 23.3 Å². The summed E-state index contributed by atoms with van der Waals surface area (Å²) in [6.45, 7) is 4.21. The number of rotatable bonds is 0. The fraction of sp³-hybridized carbons (Fsp3) is 0.789. The van der Waals surface area contributed by atoms with Gasteiger partial charge in [0.2, 0.25) is 0 Å². The zero-order valence-corrected chi connectivity index (χ0v) is 14.5. The Hall–Kier alpha value is -0.380. The Morgan fingerprint density at radius 2 is 1.83 bits per heavy atom. The summed E-state index contributed by atoms with van der Waals surface area (Å²) in [5.74, 6) is 0.362. The lowest BCUT2D eigenvalue weighted by atomic mass is 9.48. The van der Waals surface area contributed by atoms with Crippen LogP contribution in [-0.4, -0.2) is 33.5 Å². The van der Waals surface area contributed by atoms with Gasteiger partial charge in [0.15, 0.2) is 0 Å². The highest BCUT2D eigenvalue weighted by Gasteiger charge is 2.66. The van der Waals surface area contributed by atoms with Crippen LogP contribution in [0.5, 0.6) is 0 Å². The van der Waals surface area contributed by atoms with Crippen LogP contribution >= 0.6 is 11.6 Å². The van der Waals surface area contributed by atoms with Crippen molar-refractivity contribution in [3.63, 3.8) is 0 Å². The predicted molar refractivity (Wildman–Crippen MR) is 88.9 cm³/mol. The van der Waals surface area contributed by atoms with Gasteiger partial charge in [0, 0.05) is 11.3 Å². The molecule has 4 rings (SSSR count). The summed E-state index contributed by atoms with van der Waals surface area (Å²) in [6.07, 6.45) is 8.49. The predicted octanol–water partition coefficient (Wildman–Crippen LogP) is 3.61. The molecule has 2 fully saturated rings. The zero-order valence-electron chi connectivity index (χ0n) is 13.8. The highest BCUT2D eigenvalue weighted by atomic mass is 35.5. The Morgan fingerprint density at radius 3 is 2.57 bits per heavy atom. The van der Waals surface area contributed by atoms with Crippen molar-refractivity contribution in [3.05, 3.63) is 24.3 Å². The number of allylic oxidation sites excluding steroid dienone is 3. The molecule has 0 bridgehead atoms. The second-order valence-electron chi connectivity index (χ2n) is 8.63. The summed E-state index contributed by atoms with van der Waals surface area (Å²) in [4.78, 5) is -0.461. The maximum atomic E-state index is 14.3. The number of hydrogen-bond donors (Lipinski definition) is 2. The van der Waals surface area contributed by atoms with Crippen molar-refractivity contribution in [1.29, 1.82) is 0 Å². The summed E-state index contributed by atoms with van der Waals surface area (Å²) in [7, 11) is 0. The molecule has 0 aromatic heterocycles. The fourth-order valence-corrected chi connectivity index (χ4v) is 6.53. The minimum absolute atomic E-state index is 0.0689. The lowest BCUT2D eigenvalue weighted by Crippen LogP contribution is -2.60. The van der Waals surface area contributed by atoms with E-state index in [9.17, 15) is 14.6 Å². The van der Waals surface area contributed by atoms with Gasteiger partial charge in [-0.25, -0.2) is 4.39 Å². The van der Waals surface area contributed by atoms with E-state index >= 15 is 0 Å². The Morgan fingerprint density at radius 1 is 1.09 bits per heavy atom. The van der Waals surface area contributed by atoms with Crippen LogP contribution in [0.4, 0.5) is 4.39 Å². The fourth-order valence-electron chi connectivity index (χ4n) is 6.01. The zero-order chi connectivity index (χ0) is 16.6. The molecule has 9 atom stereocenters. The second kappa shape index (κ2) is 4.83. The summed E-state index contributed by atoms with van der Waals surface area (Å²) in [6, 6.07) is 0. The van der Waals surface area contributed by atoms with Gasteiger partial charge >= 0.3 is 0 Å². The van der Waals surface area contributed by atoms with Crippen molar-refractivity contribution in [2.45, 2.75) is 62.8 Å². The van der Waals surface area contributed by atoms with Gasteiger partial charge in [0.05, 0.1) is 17.1 Å². The Kier molecular flexibility index (Phi) is 3.38. The molecule has 1 unspecified atom stereocenters. The summed E-state index contributed by atoms with van der Waals surface area (Å²) in [5, 5.41) is 20.3. The third-order valence-corrected chi connectivity index (χ3v) is 8.56. The van der Waals surface area contributed by atoms with Gasteiger partial charge in [0.25, 0.3) is 0 Å². The summed E-state index contributed by atoms with van der Waals surface area (Å²) < 4.78 is 14.3. The van der Waals surface area contributed by atoms with Crippen molar-refractivity contribution < 1.29 is 14.6 Å². The van der Waals surface area contributed by atoms with Crippen molar-refractivity contribution in [2.75, 3.05) is 0 Å². The molecule has 0 aromatic carbocycles. The third-order valence-electron chi connectivity index (χ3n) is 7.71. The summed E-state index contributed by atoms with van der Waals surface area (Å²) >= 11 is 7.28. The quantitative estimate of drug-likeness (QED) is 0.522. The smallest absolute Gasteiger partial charge is 0.127 e. The first-order valence-corrected chi connectivity index (χ1v) is 9.17. The standard InChI is InChI=1S/C19H26ClFO2/c1-17-7-8-19(20)13(14(17)10-15(21)16(17)23)4-3-11-9-12(22)5-6-18(11,19)2/h3-6,11-16,22-23H,7-10H2,1-2H3/t11?,12-,13+,14+,15-,16+,17+,18+,19-/m1/s1. The molecule has 0 amide bonds. The highest BCUT2D eigenvalue weighted by molar-refractivity contribution is 6.25. The van der Waals surface area contributed by atoms with Crippen LogP contribution in [0.25, 0.3) is 0 Å². The monoisotopic (exact) mass is 340 g/mol. The lowest BCUT2D eigenvalue weighted by Gasteiger charge is -2.61. The van der Waals surface area contributed by atoms with E-state index in [1.807, 2.05) is 13.0 Å². The number of alkyl halides is 2. The molecule has 0 aromatic rings. The van der Waals surface area contributed by atoms with Gasteiger partial charge in [-0.2, -0.15) is 0 Å². The molecule has 128 valence electrons. The average molecular weight is 341 g/mol. The van der Waals surface area contributed by atoms with Crippen LogP contribution in [-0.2, 0) is 0 Å². The van der Waals surface area contributed by atoms with Gasteiger partial charge in [0.1, 0.15) is 6.17 Å². The molecule has 2 N–H and O–H groups in total.